The molecule has 0 saturated carbocycles. The topological polar surface area (TPSA) is 134 Å². The number of carboxylic acids is 2. The number of aliphatic carboxylic acids is 2. The zero-order chi connectivity index (χ0) is 14.4. The van der Waals surface area contributed by atoms with E-state index in [0.29, 0.717) is 5.13 Å². The number of hydrogen-bond acceptors (Lipinski definition) is 6. The van der Waals surface area contributed by atoms with Gasteiger partial charge < -0.3 is 21.1 Å². The fourth-order valence-electron chi connectivity index (χ4n) is 1.14. The highest BCUT2D eigenvalue weighted by molar-refractivity contribution is 7.22. The van der Waals surface area contributed by atoms with Crippen LogP contribution in [0, 0.1) is 0 Å². The van der Waals surface area contributed by atoms with Crippen molar-refractivity contribution in [1.29, 1.82) is 0 Å². The molecule has 0 aliphatic heterocycles. The molecule has 0 bridgehead atoms. The standard InChI is InChI=1S/C7H6N2OS.C4H6O4/c8-7-9-5-2-1-4(10)3-6(5)11-7;5-3(6)1-2-4(7)8/h1-3,10H,(H2,8,9);1-2H2,(H,5,6)(H,7,8). The maximum absolute atomic E-state index is 9.64. The van der Waals surface area contributed by atoms with Gasteiger partial charge in [0.1, 0.15) is 5.75 Å². The van der Waals surface area contributed by atoms with Crippen molar-refractivity contribution < 1.29 is 24.9 Å². The molecule has 0 spiro atoms. The van der Waals surface area contributed by atoms with Gasteiger partial charge in [0.05, 0.1) is 23.1 Å². The molecule has 2 rings (SSSR count). The zero-order valence-corrected chi connectivity index (χ0v) is 10.6. The lowest BCUT2D eigenvalue weighted by molar-refractivity contribution is -0.143. The Hall–Kier alpha value is -2.35. The second-order valence-corrected chi connectivity index (χ2v) is 4.55. The molecule has 102 valence electrons. The number of benzene rings is 1. The minimum Gasteiger partial charge on any atom is -0.508 e. The Labute approximate surface area is 111 Å². The fraction of sp³-hybridized carbons (Fsp3) is 0.182. The number of nitrogens with zero attached hydrogens (tertiary/aromatic N) is 1. The summed E-state index contributed by atoms with van der Waals surface area (Å²) >= 11 is 1.37. The van der Waals surface area contributed by atoms with Gasteiger partial charge in [-0.3, -0.25) is 9.59 Å². The number of carbonyl (C=O) groups is 2. The first-order valence-corrected chi connectivity index (χ1v) is 5.98. The maximum Gasteiger partial charge on any atom is 0.303 e. The van der Waals surface area contributed by atoms with Crippen LogP contribution in [0.5, 0.6) is 5.75 Å². The molecule has 0 radical (unpaired) electrons. The Balaban J connectivity index is 0.000000203. The lowest BCUT2D eigenvalue weighted by Crippen LogP contribution is -2.00. The fourth-order valence-corrected chi connectivity index (χ4v) is 1.91. The van der Waals surface area contributed by atoms with Crippen LogP contribution in [-0.4, -0.2) is 32.2 Å². The van der Waals surface area contributed by atoms with E-state index in [1.165, 1.54) is 11.3 Å². The largest absolute Gasteiger partial charge is 0.508 e. The number of rotatable bonds is 3. The van der Waals surface area contributed by atoms with Gasteiger partial charge in [0.25, 0.3) is 0 Å². The lowest BCUT2D eigenvalue weighted by atomic mass is 10.3. The number of aromatic hydroxyl groups is 1. The van der Waals surface area contributed by atoms with Crippen molar-refractivity contribution in [2.24, 2.45) is 0 Å². The summed E-state index contributed by atoms with van der Waals surface area (Å²) in [4.78, 5) is 23.3. The monoisotopic (exact) mass is 284 g/mol. The molecule has 7 nitrogen and oxygen atoms in total. The first-order chi connectivity index (χ1) is 8.88. The van der Waals surface area contributed by atoms with E-state index >= 15 is 0 Å². The van der Waals surface area contributed by atoms with Gasteiger partial charge in [-0.2, -0.15) is 0 Å². The van der Waals surface area contributed by atoms with Crippen LogP contribution in [0.2, 0.25) is 0 Å². The van der Waals surface area contributed by atoms with Crippen LogP contribution in [0.1, 0.15) is 12.8 Å². The highest BCUT2D eigenvalue weighted by Gasteiger charge is 2.00. The zero-order valence-electron chi connectivity index (χ0n) is 9.74. The van der Waals surface area contributed by atoms with Gasteiger partial charge in [0.15, 0.2) is 5.13 Å². The molecule has 0 saturated heterocycles. The van der Waals surface area contributed by atoms with Gasteiger partial charge in [-0.05, 0) is 18.2 Å². The van der Waals surface area contributed by atoms with Gasteiger partial charge in [0.2, 0.25) is 0 Å². The maximum atomic E-state index is 9.64. The van der Waals surface area contributed by atoms with E-state index in [9.17, 15) is 9.59 Å². The van der Waals surface area contributed by atoms with Gasteiger partial charge in [-0.15, -0.1) is 0 Å². The van der Waals surface area contributed by atoms with Crippen molar-refractivity contribution in [1.82, 2.24) is 4.98 Å². The van der Waals surface area contributed by atoms with Crippen LogP contribution < -0.4 is 5.73 Å². The Kier molecular flexibility index (Phi) is 5.07. The number of hydrogen-bond donors (Lipinski definition) is 4. The van der Waals surface area contributed by atoms with Crippen molar-refractivity contribution in [3.8, 4) is 5.75 Å². The summed E-state index contributed by atoms with van der Waals surface area (Å²) < 4.78 is 0.919. The normalized spacial score (nSPS) is 9.68. The number of thiazole rings is 1. The first-order valence-electron chi connectivity index (χ1n) is 5.17. The van der Waals surface area contributed by atoms with Crippen molar-refractivity contribution >= 4 is 38.6 Å². The first kappa shape index (κ1) is 14.7. The van der Waals surface area contributed by atoms with E-state index in [1.807, 2.05) is 0 Å². The van der Waals surface area contributed by atoms with Gasteiger partial charge in [-0.1, -0.05) is 11.3 Å². The molecule has 0 aliphatic rings. The SMILES string of the molecule is Nc1nc2ccc(O)cc2s1.O=C(O)CCC(=O)O. The van der Waals surface area contributed by atoms with Crippen molar-refractivity contribution in [3.63, 3.8) is 0 Å². The van der Waals surface area contributed by atoms with Gasteiger partial charge in [0, 0.05) is 0 Å². The number of aromatic nitrogens is 1. The van der Waals surface area contributed by atoms with Crippen LogP contribution in [0.4, 0.5) is 5.13 Å². The molecule has 0 atom stereocenters. The predicted molar refractivity (Wildman–Crippen MR) is 70.2 cm³/mol. The molecule has 5 N–H and O–H groups in total. The van der Waals surface area contributed by atoms with Crippen molar-refractivity contribution in [2.45, 2.75) is 12.8 Å². The third-order valence-corrected chi connectivity index (χ3v) is 2.79. The Morgan fingerprint density at radius 3 is 2.32 bits per heavy atom. The van der Waals surface area contributed by atoms with E-state index in [2.05, 4.69) is 4.98 Å². The molecule has 0 fully saturated rings. The second-order valence-electron chi connectivity index (χ2n) is 3.49. The van der Waals surface area contributed by atoms with Crippen LogP contribution in [0.25, 0.3) is 10.2 Å². The molecule has 1 heterocycles. The molecule has 1 aromatic carbocycles. The third kappa shape index (κ3) is 5.21. The number of phenolic OH excluding ortho intramolecular Hbond substituents is 1. The molecular weight excluding hydrogens is 272 g/mol. The molecular formula is C11H12N2O5S. The third-order valence-electron chi connectivity index (χ3n) is 1.94. The van der Waals surface area contributed by atoms with Crippen LogP contribution >= 0.6 is 11.3 Å². The minimum absolute atomic E-state index is 0.251. The second kappa shape index (κ2) is 6.55. The minimum atomic E-state index is -1.08. The van der Waals surface area contributed by atoms with Crippen LogP contribution in [0.3, 0.4) is 0 Å². The number of carboxylic acid groups (broad SMARTS) is 2. The Morgan fingerprint density at radius 2 is 1.79 bits per heavy atom. The molecule has 0 aliphatic carbocycles. The molecule has 19 heavy (non-hydrogen) atoms. The van der Waals surface area contributed by atoms with Crippen LogP contribution in [0.15, 0.2) is 18.2 Å². The Bertz CT molecular complexity index is 582. The molecule has 1 aromatic heterocycles. The highest BCUT2D eigenvalue weighted by atomic mass is 32.1. The summed E-state index contributed by atoms with van der Waals surface area (Å²) in [5.41, 5.74) is 6.30. The average molecular weight is 284 g/mol. The summed E-state index contributed by atoms with van der Waals surface area (Å²) in [6, 6.07) is 5.00. The van der Waals surface area contributed by atoms with E-state index in [-0.39, 0.29) is 18.6 Å². The van der Waals surface area contributed by atoms with Crippen LogP contribution in [-0.2, 0) is 9.59 Å². The van der Waals surface area contributed by atoms with Gasteiger partial charge in [-0.25, -0.2) is 4.98 Å². The lowest BCUT2D eigenvalue weighted by Gasteiger charge is -1.87. The summed E-state index contributed by atoms with van der Waals surface area (Å²) in [5.74, 6) is -1.90. The van der Waals surface area contributed by atoms with E-state index < -0.39 is 11.9 Å². The van der Waals surface area contributed by atoms with Crippen molar-refractivity contribution in [3.05, 3.63) is 18.2 Å². The van der Waals surface area contributed by atoms with E-state index in [4.69, 9.17) is 21.1 Å². The Morgan fingerprint density at radius 1 is 1.21 bits per heavy atom. The average Bonchev–Trinajstić information content (AvgIpc) is 2.66. The smallest absolute Gasteiger partial charge is 0.303 e. The number of nitrogens with two attached hydrogens (primary N) is 1. The summed E-state index contributed by atoms with van der Waals surface area (Å²) in [6.07, 6.45) is -0.593. The summed E-state index contributed by atoms with van der Waals surface area (Å²) in [6.45, 7) is 0. The number of anilines is 1. The van der Waals surface area contributed by atoms with Crippen molar-refractivity contribution in [2.75, 3.05) is 5.73 Å². The molecule has 0 amide bonds. The van der Waals surface area contributed by atoms with Gasteiger partial charge >= 0.3 is 11.9 Å². The highest BCUT2D eigenvalue weighted by Crippen LogP contribution is 2.26. The van der Waals surface area contributed by atoms with E-state index in [0.717, 1.165) is 10.2 Å². The quantitative estimate of drug-likeness (QED) is 0.671. The summed E-state index contributed by atoms with van der Waals surface area (Å²) in [7, 11) is 0. The number of phenols is 1. The molecule has 2 aromatic rings. The number of nitrogen functional groups attached to an aromatic ring is 1. The number of fused-ring (bicyclic) bond motifs is 1. The van der Waals surface area contributed by atoms with E-state index in [1.54, 1.807) is 18.2 Å². The predicted octanol–water partition coefficient (Wildman–Crippen LogP) is 1.52. The summed E-state index contributed by atoms with van der Waals surface area (Å²) in [5, 5.41) is 25.4. The molecule has 8 heteroatoms. The molecule has 0 unspecified atom stereocenters.